The number of phenols is 2. The van der Waals surface area contributed by atoms with Crippen molar-refractivity contribution in [2.45, 2.75) is 39.5 Å². The fourth-order valence-corrected chi connectivity index (χ4v) is 3.00. The van der Waals surface area contributed by atoms with Gasteiger partial charge < -0.3 is 15.3 Å². The first-order valence-corrected chi connectivity index (χ1v) is 7.62. The van der Waals surface area contributed by atoms with Gasteiger partial charge in [0.15, 0.2) is 0 Å². The zero-order chi connectivity index (χ0) is 17.1. The molecule has 0 aliphatic heterocycles. The Labute approximate surface area is 136 Å². The molecule has 0 saturated carbocycles. The molecule has 0 aliphatic rings. The number of aromatic hydroxyl groups is 2. The summed E-state index contributed by atoms with van der Waals surface area (Å²) in [5.74, 6) is -0.864. The van der Waals surface area contributed by atoms with Gasteiger partial charge in [-0.3, -0.25) is 4.79 Å². The summed E-state index contributed by atoms with van der Waals surface area (Å²) in [6.07, 6.45) is 0.349. The van der Waals surface area contributed by atoms with E-state index in [2.05, 4.69) is 0 Å². The number of carbonyl (C=O) groups is 1. The highest BCUT2D eigenvalue weighted by Gasteiger charge is 2.25. The van der Waals surface area contributed by atoms with Crippen molar-refractivity contribution in [1.29, 1.82) is 0 Å². The maximum absolute atomic E-state index is 11.0. The quantitative estimate of drug-likeness (QED) is 0.728. The lowest BCUT2D eigenvalue weighted by Crippen LogP contribution is -2.08. The highest BCUT2D eigenvalue weighted by atomic mass is 16.4. The lowest BCUT2D eigenvalue weighted by atomic mass is 9.82. The molecular weight excluding hydrogens is 292 g/mol. The molecule has 0 radical (unpaired) electrons. The summed E-state index contributed by atoms with van der Waals surface area (Å²) >= 11 is 0. The van der Waals surface area contributed by atoms with Gasteiger partial charge in [-0.2, -0.15) is 0 Å². The molecule has 0 fully saturated rings. The van der Waals surface area contributed by atoms with E-state index in [1.165, 1.54) is 0 Å². The first-order valence-electron chi connectivity index (χ1n) is 7.62. The summed E-state index contributed by atoms with van der Waals surface area (Å²) in [7, 11) is 0. The van der Waals surface area contributed by atoms with Gasteiger partial charge in [-0.1, -0.05) is 30.3 Å². The first-order chi connectivity index (χ1) is 10.8. The van der Waals surface area contributed by atoms with E-state index in [1.54, 1.807) is 20.8 Å². The lowest BCUT2D eigenvalue weighted by molar-refractivity contribution is -0.137. The van der Waals surface area contributed by atoms with Crippen LogP contribution in [-0.4, -0.2) is 21.3 Å². The highest BCUT2D eigenvalue weighted by molar-refractivity contribution is 5.67. The molecule has 4 nitrogen and oxygen atoms in total. The van der Waals surface area contributed by atoms with Gasteiger partial charge in [0.25, 0.3) is 0 Å². The molecule has 0 bridgehead atoms. The van der Waals surface area contributed by atoms with Gasteiger partial charge in [-0.05, 0) is 49.4 Å². The van der Waals surface area contributed by atoms with Crippen LogP contribution in [0.2, 0.25) is 0 Å². The van der Waals surface area contributed by atoms with Gasteiger partial charge in [0.2, 0.25) is 0 Å². The third-order valence-corrected chi connectivity index (χ3v) is 4.48. The third-order valence-electron chi connectivity index (χ3n) is 4.48. The Morgan fingerprint density at radius 2 is 1.52 bits per heavy atom. The van der Waals surface area contributed by atoms with E-state index in [0.717, 1.165) is 5.56 Å². The molecule has 23 heavy (non-hydrogen) atoms. The number of rotatable bonds is 5. The smallest absolute Gasteiger partial charge is 0.303 e. The van der Waals surface area contributed by atoms with Gasteiger partial charge in [0.05, 0.1) is 0 Å². The molecule has 4 heteroatoms. The summed E-state index contributed by atoms with van der Waals surface area (Å²) in [6, 6.07) is 9.49. The van der Waals surface area contributed by atoms with Crippen LogP contribution in [-0.2, 0) is 4.79 Å². The van der Waals surface area contributed by atoms with E-state index in [1.807, 2.05) is 30.3 Å². The number of phenolic OH excluding ortho intramolecular Hbond substituents is 2. The minimum absolute atomic E-state index is 0.00781. The predicted molar refractivity (Wildman–Crippen MR) is 89.1 cm³/mol. The maximum atomic E-state index is 11.0. The number of benzene rings is 2. The van der Waals surface area contributed by atoms with Crippen molar-refractivity contribution in [3.63, 3.8) is 0 Å². The van der Waals surface area contributed by atoms with Gasteiger partial charge >= 0.3 is 5.97 Å². The Kier molecular flexibility index (Phi) is 4.94. The lowest BCUT2D eigenvalue weighted by Gasteiger charge is -2.24. The number of aliphatic carboxylic acids is 1. The van der Waals surface area contributed by atoms with Crippen molar-refractivity contribution in [2.24, 2.45) is 0 Å². The first kappa shape index (κ1) is 16.9. The van der Waals surface area contributed by atoms with Crippen LogP contribution in [0.5, 0.6) is 11.5 Å². The molecule has 2 aromatic carbocycles. The molecule has 0 heterocycles. The van der Waals surface area contributed by atoms with Crippen molar-refractivity contribution in [1.82, 2.24) is 0 Å². The van der Waals surface area contributed by atoms with Crippen molar-refractivity contribution >= 4 is 5.97 Å². The van der Waals surface area contributed by atoms with E-state index in [4.69, 9.17) is 5.11 Å². The molecule has 1 unspecified atom stereocenters. The maximum Gasteiger partial charge on any atom is 0.303 e. The Hall–Kier alpha value is -2.49. The van der Waals surface area contributed by atoms with Crippen LogP contribution in [0.25, 0.3) is 0 Å². The van der Waals surface area contributed by atoms with Gasteiger partial charge in [0, 0.05) is 17.9 Å². The molecule has 0 aromatic heterocycles. The van der Waals surface area contributed by atoms with Crippen molar-refractivity contribution in [2.75, 3.05) is 0 Å². The Bertz CT molecular complexity index is 691. The van der Waals surface area contributed by atoms with E-state index in [0.29, 0.717) is 28.7 Å². The predicted octanol–water partition coefficient (Wildman–Crippen LogP) is 4.02. The van der Waals surface area contributed by atoms with Crippen LogP contribution in [0.15, 0.2) is 30.3 Å². The Balaban J connectivity index is 2.62. The molecule has 0 saturated heterocycles. The molecular formula is C19H22O4. The third kappa shape index (κ3) is 3.31. The minimum atomic E-state index is -0.879. The molecule has 0 aliphatic carbocycles. The van der Waals surface area contributed by atoms with E-state index >= 15 is 0 Å². The van der Waals surface area contributed by atoms with Crippen LogP contribution < -0.4 is 0 Å². The monoisotopic (exact) mass is 314 g/mol. The fourth-order valence-electron chi connectivity index (χ4n) is 3.00. The van der Waals surface area contributed by atoms with Crippen LogP contribution in [0.4, 0.5) is 0 Å². The number of carboxylic acid groups (broad SMARTS) is 1. The zero-order valence-electron chi connectivity index (χ0n) is 13.6. The van der Waals surface area contributed by atoms with E-state index in [-0.39, 0.29) is 23.8 Å². The minimum Gasteiger partial charge on any atom is -0.507 e. The Morgan fingerprint density at radius 1 is 0.957 bits per heavy atom. The van der Waals surface area contributed by atoms with Gasteiger partial charge in [0.1, 0.15) is 11.5 Å². The zero-order valence-corrected chi connectivity index (χ0v) is 13.6. The molecule has 0 spiro atoms. The van der Waals surface area contributed by atoms with Gasteiger partial charge in [-0.25, -0.2) is 0 Å². The van der Waals surface area contributed by atoms with E-state index in [9.17, 15) is 15.0 Å². The number of hydrogen-bond donors (Lipinski definition) is 3. The van der Waals surface area contributed by atoms with Crippen molar-refractivity contribution in [3.8, 4) is 11.5 Å². The summed E-state index contributed by atoms with van der Waals surface area (Å²) in [4.78, 5) is 11.0. The van der Waals surface area contributed by atoms with Crippen LogP contribution in [0.3, 0.4) is 0 Å². The standard InChI is InChI=1S/C19H22O4/c1-11-12(2)19(23)17(13(3)18(11)22)15(9-10-16(20)21)14-7-5-4-6-8-14/h4-8,15,22-23H,9-10H2,1-3H3,(H,20,21). The molecule has 2 rings (SSSR count). The molecule has 3 N–H and O–H groups in total. The fraction of sp³-hybridized carbons (Fsp3) is 0.316. The number of carboxylic acids is 1. The summed E-state index contributed by atoms with van der Waals surface area (Å²) in [6.45, 7) is 5.27. The molecule has 122 valence electrons. The second kappa shape index (κ2) is 6.73. The molecule has 2 aromatic rings. The van der Waals surface area contributed by atoms with Crippen molar-refractivity contribution in [3.05, 3.63) is 58.1 Å². The Morgan fingerprint density at radius 3 is 2.09 bits per heavy atom. The molecule has 0 amide bonds. The average Bonchev–Trinajstić information content (AvgIpc) is 2.54. The summed E-state index contributed by atoms with van der Waals surface area (Å²) in [5.41, 5.74) is 3.41. The van der Waals surface area contributed by atoms with Crippen LogP contribution >= 0.6 is 0 Å². The normalized spacial score (nSPS) is 12.1. The second-order valence-electron chi connectivity index (χ2n) is 5.88. The summed E-state index contributed by atoms with van der Waals surface area (Å²) in [5, 5.41) is 30.0. The van der Waals surface area contributed by atoms with Crippen LogP contribution in [0, 0.1) is 20.8 Å². The second-order valence-corrected chi connectivity index (χ2v) is 5.88. The van der Waals surface area contributed by atoms with Crippen molar-refractivity contribution < 1.29 is 20.1 Å². The largest absolute Gasteiger partial charge is 0.507 e. The SMILES string of the molecule is Cc1c(C)c(O)c(C(CCC(=O)O)c2ccccc2)c(C)c1O. The number of hydrogen-bond acceptors (Lipinski definition) is 3. The topological polar surface area (TPSA) is 77.8 Å². The van der Waals surface area contributed by atoms with Crippen LogP contribution in [0.1, 0.15) is 46.6 Å². The van der Waals surface area contributed by atoms with E-state index < -0.39 is 5.97 Å². The summed E-state index contributed by atoms with van der Waals surface area (Å²) < 4.78 is 0. The molecule has 1 atom stereocenters. The highest BCUT2D eigenvalue weighted by Crippen LogP contribution is 2.43. The average molecular weight is 314 g/mol. The van der Waals surface area contributed by atoms with Gasteiger partial charge in [-0.15, -0.1) is 0 Å².